The van der Waals surface area contributed by atoms with Crippen molar-refractivity contribution in [2.75, 3.05) is 33.4 Å². The van der Waals surface area contributed by atoms with Gasteiger partial charge in [0.25, 0.3) is 0 Å². The molecule has 18 heavy (non-hydrogen) atoms. The van der Waals surface area contributed by atoms with Crippen LogP contribution in [0.5, 0.6) is 0 Å². The van der Waals surface area contributed by atoms with Gasteiger partial charge in [-0.15, -0.1) is 0 Å². The first-order valence-electron chi connectivity index (χ1n) is 7.28. The summed E-state index contributed by atoms with van der Waals surface area (Å²) >= 11 is 0. The summed E-state index contributed by atoms with van der Waals surface area (Å²) in [7, 11) is 1.82. The van der Waals surface area contributed by atoms with Crippen LogP contribution >= 0.6 is 0 Å². The second kappa shape index (κ2) is 9.20. The van der Waals surface area contributed by atoms with Crippen molar-refractivity contribution in [3.05, 3.63) is 0 Å². The van der Waals surface area contributed by atoms with Gasteiger partial charge in [0.2, 0.25) is 0 Å². The lowest BCUT2D eigenvalue weighted by Gasteiger charge is -2.26. The van der Waals surface area contributed by atoms with Gasteiger partial charge in [-0.1, -0.05) is 19.8 Å². The highest BCUT2D eigenvalue weighted by Crippen LogP contribution is 2.27. The maximum atomic E-state index is 5.29. The molecule has 0 heterocycles. The number of nitrogens with zero attached hydrogens (tertiary/aromatic N) is 1. The minimum Gasteiger partial charge on any atom is -0.380 e. The topological polar surface area (TPSA) is 45.6 Å². The van der Waals surface area contributed by atoms with Crippen molar-refractivity contribution in [2.24, 2.45) is 16.8 Å². The maximum absolute atomic E-state index is 5.29. The van der Waals surface area contributed by atoms with E-state index in [1.54, 1.807) is 0 Å². The van der Waals surface area contributed by atoms with Crippen LogP contribution in [0.2, 0.25) is 0 Å². The predicted octanol–water partition coefficient (Wildman–Crippen LogP) is 2.01. The lowest BCUT2D eigenvalue weighted by atomic mass is 9.83. The molecule has 0 saturated heterocycles. The molecule has 0 aliphatic heterocycles. The minimum atomic E-state index is 0.734. The first-order valence-corrected chi connectivity index (χ1v) is 7.28. The van der Waals surface area contributed by atoms with E-state index in [2.05, 4.69) is 22.5 Å². The number of hydrogen-bond acceptors (Lipinski definition) is 2. The zero-order chi connectivity index (χ0) is 13.2. The SMILES string of the molecule is CCOCCNC(=NC)NCC1CCC(C)CC1. The van der Waals surface area contributed by atoms with E-state index in [9.17, 15) is 0 Å². The van der Waals surface area contributed by atoms with Crippen LogP contribution in [0.3, 0.4) is 0 Å². The number of ether oxygens (including phenoxy) is 1. The third kappa shape index (κ3) is 6.24. The van der Waals surface area contributed by atoms with Gasteiger partial charge in [-0.2, -0.15) is 0 Å². The summed E-state index contributed by atoms with van der Waals surface area (Å²) in [6.45, 7) is 7.73. The fourth-order valence-corrected chi connectivity index (χ4v) is 2.38. The molecule has 106 valence electrons. The smallest absolute Gasteiger partial charge is 0.191 e. The molecule has 0 aromatic carbocycles. The summed E-state index contributed by atoms with van der Waals surface area (Å²) in [6.07, 6.45) is 5.46. The Hall–Kier alpha value is -0.770. The molecule has 1 saturated carbocycles. The number of nitrogens with one attached hydrogen (secondary N) is 2. The summed E-state index contributed by atoms with van der Waals surface area (Å²) in [5.41, 5.74) is 0. The van der Waals surface area contributed by atoms with Crippen LogP contribution in [0, 0.1) is 11.8 Å². The van der Waals surface area contributed by atoms with E-state index in [1.807, 2.05) is 14.0 Å². The van der Waals surface area contributed by atoms with Gasteiger partial charge in [-0.3, -0.25) is 4.99 Å². The molecular formula is C14H29N3O. The highest BCUT2D eigenvalue weighted by molar-refractivity contribution is 5.79. The summed E-state index contributed by atoms with van der Waals surface area (Å²) in [5, 5.41) is 6.68. The minimum absolute atomic E-state index is 0.734. The standard InChI is InChI=1S/C14H29N3O/c1-4-18-10-9-16-14(15-3)17-11-13-7-5-12(2)6-8-13/h12-13H,4-11H2,1-3H3,(H2,15,16,17). The molecule has 0 spiro atoms. The van der Waals surface area contributed by atoms with Crippen LogP contribution in [0.1, 0.15) is 39.5 Å². The number of guanidine groups is 1. The number of hydrogen-bond donors (Lipinski definition) is 2. The van der Waals surface area contributed by atoms with Crippen LogP contribution in [-0.4, -0.2) is 39.3 Å². The molecule has 4 heteroatoms. The lowest BCUT2D eigenvalue weighted by Crippen LogP contribution is -2.41. The Morgan fingerprint density at radius 3 is 2.56 bits per heavy atom. The summed E-state index contributed by atoms with van der Waals surface area (Å²) in [4.78, 5) is 4.22. The van der Waals surface area contributed by atoms with E-state index in [4.69, 9.17) is 4.74 Å². The largest absolute Gasteiger partial charge is 0.380 e. The molecule has 1 rings (SSSR count). The van der Waals surface area contributed by atoms with Crippen molar-refractivity contribution in [3.8, 4) is 0 Å². The average Bonchev–Trinajstić information content (AvgIpc) is 2.40. The molecule has 0 radical (unpaired) electrons. The maximum Gasteiger partial charge on any atom is 0.191 e. The normalized spacial score (nSPS) is 24.9. The van der Waals surface area contributed by atoms with Gasteiger partial charge in [0.15, 0.2) is 5.96 Å². The Morgan fingerprint density at radius 2 is 1.94 bits per heavy atom. The van der Waals surface area contributed by atoms with Crippen LogP contribution in [-0.2, 0) is 4.74 Å². The highest BCUT2D eigenvalue weighted by atomic mass is 16.5. The summed E-state index contributed by atoms with van der Waals surface area (Å²) < 4.78 is 5.29. The van der Waals surface area contributed by atoms with Gasteiger partial charge in [-0.05, 0) is 31.6 Å². The van der Waals surface area contributed by atoms with Crippen molar-refractivity contribution in [1.29, 1.82) is 0 Å². The number of aliphatic imine (C=N–C) groups is 1. The molecule has 0 atom stereocenters. The van der Waals surface area contributed by atoms with Crippen molar-refractivity contribution < 1.29 is 4.74 Å². The van der Waals surface area contributed by atoms with Gasteiger partial charge < -0.3 is 15.4 Å². The van der Waals surface area contributed by atoms with Crippen LogP contribution in [0.25, 0.3) is 0 Å². The van der Waals surface area contributed by atoms with Crippen LogP contribution in [0.15, 0.2) is 4.99 Å². The van der Waals surface area contributed by atoms with Gasteiger partial charge >= 0.3 is 0 Å². The number of rotatable bonds is 6. The van der Waals surface area contributed by atoms with E-state index in [1.165, 1.54) is 25.7 Å². The molecule has 4 nitrogen and oxygen atoms in total. The van der Waals surface area contributed by atoms with Gasteiger partial charge in [0.05, 0.1) is 6.61 Å². The second-order valence-corrected chi connectivity index (χ2v) is 5.20. The fourth-order valence-electron chi connectivity index (χ4n) is 2.38. The molecule has 1 fully saturated rings. The van der Waals surface area contributed by atoms with Crippen molar-refractivity contribution >= 4 is 5.96 Å². The molecule has 0 aromatic rings. The molecule has 0 unspecified atom stereocenters. The summed E-state index contributed by atoms with van der Waals surface area (Å²) in [5.74, 6) is 2.63. The third-order valence-electron chi connectivity index (χ3n) is 3.66. The Kier molecular flexibility index (Phi) is 7.81. The van der Waals surface area contributed by atoms with Gasteiger partial charge in [0, 0.05) is 26.7 Å². The van der Waals surface area contributed by atoms with E-state index >= 15 is 0 Å². The molecular weight excluding hydrogens is 226 g/mol. The van der Waals surface area contributed by atoms with E-state index < -0.39 is 0 Å². The molecule has 1 aliphatic carbocycles. The van der Waals surface area contributed by atoms with Gasteiger partial charge in [0.1, 0.15) is 0 Å². The molecule has 1 aliphatic rings. The first kappa shape index (κ1) is 15.3. The van der Waals surface area contributed by atoms with E-state index in [-0.39, 0.29) is 0 Å². The van der Waals surface area contributed by atoms with Crippen LogP contribution in [0.4, 0.5) is 0 Å². The quantitative estimate of drug-likeness (QED) is 0.433. The van der Waals surface area contributed by atoms with E-state index in [0.29, 0.717) is 0 Å². The monoisotopic (exact) mass is 255 g/mol. The molecule has 0 amide bonds. The zero-order valence-corrected chi connectivity index (χ0v) is 12.2. The van der Waals surface area contributed by atoms with Crippen LogP contribution < -0.4 is 10.6 Å². The molecule has 0 aromatic heterocycles. The lowest BCUT2D eigenvalue weighted by molar-refractivity contribution is 0.152. The van der Waals surface area contributed by atoms with Gasteiger partial charge in [-0.25, -0.2) is 0 Å². The zero-order valence-electron chi connectivity index (χ0n) is 12.2. The second-order valence-electron chi connectivity index (χ2n) is 5.20. The molecule has 2 N–H and O–H groups in total. The van der Waals surface area contributed by atoms with Crippen molar-refractivity contribution in [2.45, 2.75) is 39.5 Å². The molecule has 0 bridgehead atoms. The highest BCUT2D eigenvalue weighted by Gasteiger charge is 2.18. The van der Waals surface area contributed by atoms with Crippen molar-refractivity contribution in [3.63, 3.8) is 0 Å². The fraction of sp³-hybridized carbons (Fsp3) is 0.929. The average molecular weight is 255 g/mol. The van der Waals surface area contributed by atoms with Crippen molar-refractivity contribution in [1.82, 2.24) is 10.6 Å². The Bertz CT molecular complexity index is 235. The Labute approximate surface area is 112 Å². The third-order valence-corrected chi connectivity index (χ3v) is 3.66. The first-order chi connectivity index (χ1) is 8.76. The predicted molar refractivity (Wildman–Crippen MR) is 77.0 cm³/mol. The Morgan fingerprint density at radius 1 is 1.22 bits per heavy atom. The Balaban J connectivity index is 2.11. The summed E-state index contributed by atoms with van der Waals surface area (Å²) in [6, 6.07) is 0. The van der Waals surface area contributed by atoms with E-state index in [0.717, 1.165) is 44.1 Å².